The minimum absolute atomic E-state index is 0.0340. The molecule has 0 saturated carbocycles. The SMILES string of the molecule is C#Cc1ccc(C#Cc2cc(CCCCCC)c(C#CCO)cc2CCCCCC)c2c1[C@H]1c3ccc(C(C)(C)C)cc3[C@@H]2c2ccc(C(C)(C)C)cc21. The Morgan fingerprint density at radius 2 is 1.00 bits per heavy atom. The molecule has 0 saturated heterocycles. The highest BCUT2D eigenvalue weighted by atomic mass is 16.2. The van der Waals surface area contributed by atoms with Crippen LogP contribution in [-0.2, 0) is 23.7 Å². The van der Waals surface area contributed by atoms with E-state index in [1.54, 1.807) is 0 Å². The van der Waals surface area contributed by atoms with Crippen LogP contribution in [0.5, 0.6) is 0 Å². The number of hydrogen-bond acceptors (Lipinski definition) is 1. The summed E-state index contributed by atoms with van der Waals surface area (Å²) in [5.74, 6) is 17.0. The molecule has 0 spiro atoms. The van der Waals surface area contributed by atoms with Crippen LogP contribution in [0.4, 0.5) is 0 Å². The fraction of sp³-hybridized carbons (Fsp3) is 0.434. The molecular formula is C53H60O. The van der Waals surface area contributed by atoms with Crippen LogP contribution in [-0.4, -0.2) is 11.7 Å². The molecule has 0 heterocycles. The summed E-state index contributed by atoms with van der Waals surface area (Å²) in [6.45, 7) is 18.2. The summed E-state index contributed by atoms with van der Waals surface area (Å²) in [5.41, 5.74) is 17.6. The first-order chi connectivity index (χ1) is 25.9. The van der Waals surface area contributed by atoms with E-state index in [-0.39, 0.29) is 29.3 Å². The van der Waals surface area contributed by atoms with Gasteiger partial charge in [0.25, 0.3) is 0 Å². The van der Waals surface area contributed by atoms with Crippen LogP contribution < -0.4 is 0 Å². The summed E-state index contributed by atoms with van der Waals surface area (Å²) < 4.78 is 0. The van der Waals surface area contributed by atoms with Crippen LogP contribution in [0.2, 0.25) is 0 Å². The predicted molar refractivity (Wildman–Crippen MR) is 229 cm³/mol. The molecule has 2 bridgehead atoms. The third kappa shape index (κ3) is 7.98. The van der Waals surface area contributed by atoms with Crippen molar-refractivity contribution in [1.29, 1.82) is 0 Å². The molecule has 3 aliphatic carbocycles. The molecule has 0 radical (unpaired) electrons. The largest absolute Gasteiger partial charge is 0.384 e. The average molecular weight is 713 g/mol. The quantitative estimate of drug-likeness (QED) is 0.111. The van der Waals surface area contributed by atoms with Crippen LogP contribution >= 0.6 is 0 Å². The van der Waals surface area contributed by atoms with Crippen molar-refractivity contribution < 1.29 is 5.11 Å². The van der Waals surface area contributed by atoms with Crippen molar-refractivity contribution >= 4 is 0 Å². The van der Waals surface area contributed by atoms with E-state index in [4.69, 9.17) is 6.42 Å². The number of aryl methyl sites for hydroxylation is 2. The van der Waals surface area contributed by atoms with Gasteiger partial charge in [0.15, 0.2) is 0 Å². The fourth-order valence-corrected chi connectivity index (χ4v) is 8.65. The Kier molecular flexibility index (Phi) is 12.0. The topological polar surface area (TPSA) is 20.2 Å². The van der Waals surface area contributed by atoms with Crippen LogP contribution in [0.3, 0.4) is 0 Å². The zero-order valence-corrected chi connectivity index (χ0v) is 34.2. The number of benzene rings is 4. The van der Waals surface area contributed by atoms with E-state index in [0.29, 0.717) is 0 Å². The summed E-state index contributed by atoms with van der Waals surface area (Å²) in [4.78, 5) is 0. The van der Waals surface area contributed by atoms with Crippen molar-refractivity contribution in [3.05, 3.63) is 139 Å². The van der Waals surface area contributed by atoms with Gasteiger partial charge in [-0.15, -0.1) is 6.42 Å². The van der Waals surface area contributed by atoms with E-state index in [1.807, 2.05) is 0 Å². The lowest BCUT2D eigenvalue weighted by atomic mass is 9.58. The van der Waals surface area contributed by atoms with Crippen LogP contribution in [0, 0.1) is 36.0 Å². The van der Waals surface area contributed by atoms with Crippen molar-refractivity contribution in [2.75, 3.05) is 6.61 Å². The molecule has 2 atom stereocenters. The number of aliphatic hydroxyl groups is 1. The van der Waals surface area contributed by atoms with Gasteiger partial charge in [-0.1, -0.05) is 160 Å². The van der Waals surface area contributed by atoms with Crippen molar-refractivity contribution in [2.45, 2.75) is 142 Å². The maximum absolute atomic E-state index is 9.60. The Labute approximate surface area is 327 Å². The summed E-state index contributed by atoms with van der Waals surface area (Å²) in [6.07, 6.45) is 17.8. The van der Waals surface area contributed by atoms with Crippen molar-refractivity contribution in [3.63, 3.8) is 0 Å². The summed E-state index contributed by atoms with van der Waals surface area (Å²) in [6, 6.07) is 23.3. The number of aliphatic hydroxyl groups excluding tert-OH is 1. The normalized spacial score (nSPS) is 15.3. The Balaban J connectivity index is 1.54. The van der Waals surface area contributed by atoms with Gasteiger partial charge in [-0.3, -0.25) is 0 Å². The molecule has 1 nitrogen and oxygen atoms in total. The minimum Gasteiger partial charge on any atom is -0.384 e. The zero-order valence-electron chi connectivity index (χ0n) is 34.2. The third-order valence-electron chi connectivity index (χ3n) is 11.7. The van der Waals surface area contributed by atoms with Gasteiger partial charge in [0.05, 0.1) is 0 Å². The second-order valence-corrected chi connectivity index (χ2v) is 17.7. The Bertz CT molecular complexity index is 2180. The van der Waals surface area contributed by atoms with E-state index in [0.717, 1.165) is 47.9 Å². The maximum atomic E-state index is 9.60. The first kappa shape index (κ1) is 39.2. The lowest BCUT2D eigenvalue weighted by molar-refractivity contribution is 0.350. The van der Waals surface area contributed by atoms with Gasteiger partial charge in [0.2, 0.25) is 0 Å². The molecule has 7 rings (SSSR count). The van der Waals surface area contributed by atoms with Crippen molar-refractivity contribution in [2.24, 2.45) is 0 Å². The maximum Gasteiger partial charge on any atom is 0.104 e. The second-order valence-electron chi connectivity index (χ2n) is 17.7. The van der Waals surface area contributed by atoms with E-state index in [9.17, 15) is 5.11 Å². The molecule has 1 N–H and O–H groups in total. The molecule has 0 aliphatic heterocycles. The number of terminal acetylenes is 1. The first-order valence-corrected chi connectivity index (χ1v) is 20.6. The molecule has 0 aromatic heterocycles. The molecule has 0 amide bonds. The number of hydrogen-bond donors (Lipinski definition) is 1. The molecule has 4 aromatic rings. The summed E-state index contributed by atoms with van der Waals surface area (Å²) in [7, 11) is 0. The van der Waals surface area contributed by atoms with E-state index >= 15 is 0 Å². The molecule has 54 heavy (non-hydrogen) atoms. The van der Waals surface area contributed by atoms with Crippen LogP contribution in [0.1, 0.15) is 196 Å². The monoisotopic (exact) mass is 712 g/mol. The van der Waals surface area contributed by atoms with Gasteiger partial charge in [-0.25, -0.2) is 0 Å². The second kappa shape index (κ2) is 16.5. The highest BCUT2D eigenvalue weighted by molar-refractivity contribution is 5.75. The summed E-state index contributed by atoms with van der Waals surface area (Å²) in [5, 5.41) is 9.60. The van der Waals surface area contributed by atoms with Gasteiger partial charge >= 0.3 is 0 Å². The number of rotatable bonds is 10. The molecule has 0 fully saturated rings. The molecule has 3 aliphatic rings. The fourth-order valence-electron chi connectivity index (χ4n) is 8.65. The van der Waals surface area contributed by atoms with Crippen molar-refractivity contribution in [1.82, 2.24) is 0 Å². The van der Waals surface area contributed by atoms with Gasteiger partial charge < -0.3 is 5.11 Å². The van der Waals surface area contributed by atoms with Gasteiger partial charge in [0, 0.05) is 34.1 Å². The molecular weight excluding hydrogens is 653 g/mol. The van der Waals surface area contributed by atoms with E-state index < -0.39 is 0 Å². The average Bonchev–Trinajstić information content (AvgIpc) is 3.15. The molecule has 4 aromatic carbocycles. The predicted octanol–water partition coefficient (Wildman–Crippen LogP) is 12.2. The zero-order chi connectivity index (χ0) is 38.6. The standard InChI is InChI=1S/C53H60O/c1-10-13-15-17-20-38-33-41(39(21-18-16-14-11-2)32-40(38)22-19-31-54)26-25-37-24-23-36(12-3)48-49(37)51-45-30-28-42(52(4,5)6)34-46(45)50(48)44-29-27-43(35-47(44)51)53(7,8)9/h3,23-24,27-30,32-35,50-51,54H,10-11,13-18,20-21,31H2,1-2,4-9H3/t50-,51-/m0/s1. The molecule has 278 valence electrons. The summed E-state index contributed by atoms with van der Waals surface area (Å²) >= 11 is 0. The lowest BCUT2D eigenvalue weighted by Gasteiger charge is -2.44. The minimum atomic E-state index is -0.134. The third-order valence-corrected chi connectivity index (χ3v) is 11.7. The van der Waals surface area contributed by atoms with Crippen LogP contribution in [0.25, 0.3) is 0 Å². The van der Waals surface area contributed by atoms with Gasteiger partial charge in [0.1, 0.15) is 6.61 Å². The van der Waals surface area contributed by atoms with Gasteiger partial charge in [-0.2, -0.15) is 0 Å². The van der Waals surface area contributed by atoms with Crippen molar-refractivity contribution in [3.8, 4) is 36.0 Å². The van der Waals surface area contributed by atoms with E-state index in [2.05, 4.69) is 146 Å². The molecule has 0 unspecified atom stereocenters. The smallest absolute Gasteiger partial charge is 0.104 e. The Morgan fingerprint density at radius 1 is 0.537 bits per heavy atom. The lowest BCUT2D eigenvalue weighted by Crippen LogP contribution is -2.30. The van der Waals surface area contributed by atoms with Crippen LogP contribution in [0.15, 0.2) is 60.7 Å². The first-order valence-electron chi connectivity index (χ1n) is 20.6. The molecule has 1 heteroatoms. The highest BCUT2D eigenvalue weighted by Gasteiger charge is 2.44. The van der Waals surface area contributed by atoms with E-state index in [1.165, 1.54) is 94.2 Å². The highest BCUT2D eigenvalue weighted by Crippen LogP contribution is 2.58. The Hall–Kier alpha value is -4.48. The Morgan fingerprint density at radius 3 is 1.46 bits per heavy atom. The van der Waals surface area contributed by atoms with Gasteiger partial charge in [-0.05, 0) is 116 Å². The number of unbranched alkanes of at least 4 members (excludes halogenated alkanes) is 6.